The third-order valence-electron chi connectivity index (χ3n) is 0.674. The van der Waals surface area contributed by atoms with Gasteiger partial charge in [0.2, 0.25) is 0 Å². The number of carboxylic acid groups (broad SMARTS) is 1. The third-order valence-corrected chi connectivity index (χ3v) is 0.674. The molecule has 0 saturated heterocycles. The van der Waals surface area contributed by atoms with Crippen LogP contribution < -0.4 is 29.3 Å². The van der Waals surface area contributed by atoms with Gasteiger partial charge in [-0.3, -0.25) is 4.79 Å². The summed E-state index contributed by atoms with van der Waals surface area (Å²) in [4.78, 5) is 20.2. The van der Waals surface area contributed by atoms with Gasteiger partial charge in [0, 0.05) is 5.54 Å². The van der Waals surface area contributed by atoms with Crippen LogP contribution in [0.1, 0.15) is 20.8 Å². The van der Waals surface area contributed by atoms with Crippen molar-refractivity contribution < 1.29 is 33.6 Å². The second kappa shape index (κ2) is 4.42. The van der Waals surface area contributed by atoms with Crippen molar-refractivity contribution >= 4 is 11.9 Å². The topological polar surface area (TPSA) is 69.2 Å². The first-order valence-corrected chi connectivity index (χ1v) is 2.86. The minimum atomic E-state index is -1.70. The van der Waals surface area contributed by atoms with E-state index in [0.717, 1.165) is 0 Å². The first-order chi connectivity index (χ1) is 4.33. The van der Waals surface area contributed by atoms with E-state index in [-0.39, 0.29) is 18.9 Å². The first-order valence-electron chi connectivity index (χ1n) is 2.86. The second-order valence-corrected chi connectivity index (χ2v) is 2.99. The minimum Gasteiger partial charge on any atom is -0.540 e. The zero-order chi connectivity index (χ0) is 8.36. The van der Waals surface area contributed by atoms with Crippen molar-refractivity contribution in [2.45, 2.75) is 26.3 Å². The van der Waals surface area contributed by atoms with Crippen molar-refractivity contribution in [1.82, 2.24) is 5.32 Å². The van der Waals surface area contributed by atoms with E-state index >= 15 is 0 Å². The first kappa shape index (κ1) is 13.2. The average molecular weight is 151 g/mol. The molecule has 4 nitrogen and oxygen atoms in total. The fourth-order valence-corrected chi connectivity index (χ4v) is 0.392. The molecule has 0 bridgehead atoms. The quantitative estimate of drug-likeness (QED) is 0.281. The van der Waals surface area contributed by atoms with E-state index in [1.807, 2.05) is 0 Å². The van der Waals surface area contributed by atoms with Gasteiger partial charge in [0.25, 0.3) is 5.91 Å². The maximum atomic E-state index is 10.4. The van der Waals surface area contributed by atoms with E-state index in [0.29, 0.717) is 0 Å². The normalized spacial score (nSPS) is 9.73. The molecule has 0 aromatic carbocycles. The number of nitrogens with one attached hydrogen (secondary N) is 1. The molecule has 58 valence electrons. The number of carbonyl (C=O) groups excluding carboxylic acids is 2. The predicted molar refractivity (Wildman–Crippen MR) is 32.9 cm³/mol. The van der Waals surface area contributed by atoms with Gasteiger partial charge in [-0.05, 0) is 20.8 Å². The van der Waals surface area contributed by atoms with E-state index in [2.05, 4.69) is 5.32 Å². The minimum absolute atomic E-state index is 0. The van der Waals surface area contributed by atoms with Gasteiger partial charge in [-0.25, -0.2) is 0 Å². The van der Waals surface area contributed by atoms with Crippen LogP contribution in [0.3, 0.4) is 0 Å². The summed E-state index contributed by atoms with van der Waals surface area (Å²) >= 11 is 0. The Balaban J connectivity index is 0. The zero-order valence-corrected chi connectivity index (χ0v) is 7.22. The molecule has 1 amide bonds. The van der Waals surface area contributed by atoms with Crippen molar-refractivity contribution in [1.29, 1.82) is 0 Å². The molecule has 0 radical (unpaired) electrons. The molecule has 0 aliphatic carbocycles. The second-order valence-electron chi connectivity index (χ2n) is 2.99. The van der Waals surface area contributed by atoms with Crippen molar-refractivity contribution in [3.63, 3.8) is 0 Å². The Morgan fingerprint density at radius 3 is 1.73 bits per heavy atom. The number of hydrogen-bond donors (Lipinski definition) is 1. The fraction of sp³-hybridized carbons (Fsp3) is 0.667. The van der Waals surface area contributed by atoms with Gasteiger partial charge < -0.3 is 15.2 Å². The van der Waals surface area contributed by atoms with E-state index < -0.39 is 17.4 Å². The molecule has 0 aromatic rings. The Bertz CT molecular complexity index is 162. The molecule has 1 N–H and O–H groups in total. The van der Waals surface area contributed by atoms with Gasteiger partial charge in [0.1, 0.15) is 5.97 Å². The summed E-state index contributed by atoms with van der Waals surface area (Å²) in [6.45, 7) is 5.07. The van der Waals surface area contributed by atoms with Crippen molar-refractivity contribution in [3.05, 3.63) is 0 Å². The maximum Gasteiger partial charge on any atom is 1.00 e. The van der Waals surface area contributed by atoms with Gasteiger partial charge in [-0.2, -0.15) is 0 Å². The van der Waals surface area contributed by atoms with Crippen LogP contribution >= 0.6 is 0 Å². The molecular weight excluding hydrogens is 141 g/mol. The van der Waals surface area contributed by atoms with Gasteiger partial charge in [-0.15, -0.1) is 0 Å². The van der Waals surface area contributed by atoms with Crippen LogP contribution in [-0.4, -0.2) is 17.4 Å². The fourth-order valence-electron chi connectivity index (χ4n) is 0.392. The van der Waals surface area contributed by atoms with Crippen LogP contribution in [0.15, 0.2) is 0 Å². The zero-order valence-electron chi connectivity index (χ0n) is 7.22. The smallest absolute Gasteiger partial charge is 0.540 e. The molecule has 5 heteroatoms. The molecule has 0 aromatic heterocycles. The predicted octanol–water partition coefficient (Wildman–Crippen LogP) is -4.34. The van der Waals surface area contributed by atoms with Gasteiger partial charge in [0.05, 0.1) is 0 Å². The molecule has 0 rings (SSSR count). The summed E-state index contributed by atoms with van der Waals surface area (Å²) in [7, 11) is 0. The molecule has 0 atom stereocenters. The average Bonchev–Trinajstić information content (AvgIpc) is 1.60. The Morgan fingerprint density at radius 1 is 1.27 bits per heavy atom. The summed E-state index contributed by atoms with van der Waals surface area (Å²) in [5, 5.41) is 12.1. The van der Waals surface area contributed by atoms with Gasteiger partial charge in [0.15, 0.2) is 0 Å². The van der Waals surface area contributed by atoms with Crippen molar-refractivity contribution in [3.8, 4) is 0 Å². The SMILES string of the molecule is CC(C)(C)NC(=O)C(=O)[O-].[Li+]. The number of amides is 1. The molecule has 0 aliphatic rings. The molecule has 11 heavy (non-hydrogen) atoms. The Kier molecular flexibility index (Phi) is 5.29. The van der Waals surface area contributed by atoms with Crippen LogP contribution in [0, 0.1) is 0 Å². The Morgan fingerprint density at radius 2 is 1.64 bits per heavy atom. The number of rotatable bonds is 0. The Hall–Kier alpha value is -0.463. The maximum absolute atomic E-state index is 10.4. The van der Waals surface area contributed by atoms with Gasteiger partial charge in [-0.1, -0.05) is 0 Å². The largest absolute Gasteiger partial charge is 1.00 e. The molecule has 0 heterocycles. The van der Waals surface area contributed by atoms with Crippen LogP contribution in [0.25, 0.3) is 0 Å². The van der Waals surface area contributed by atoms with E-state index in [1.54, 1.807) is 20.8 Å². The third kappa shape index (κ3) is 7.43. The Labute approximate surface area is 77.5 Å². The van der Waals surface area contributed by atoms with Crippen LogP contribution in [0.5, 0.6) is 0 Å². The van der Waals surface area contributed by atoms with Crippen LogP contribution in [0.4, 0.5) is 0 Å². The number of carbonyl (C=O) groups is 2. The van der Waals surface area contributed by atoms with Gasteiger partial charge >= 0.3 is 18.9 Å². The molecular formula is C6H10LiNO3. The molecule has 0 aliphatic heterocycles. The summed E-state index contributed by atoms with van der Waals surface area (Å²) < 4.78 is 0. The summed E-state index contributed by atoms with van der Waals surface area (Å²) in [6, 6.07) is 0. The summed E-state index contributed by atoms with van der Waals surface area (Å²) in [5.41, 5.74) is -0.517. The summed E-state index contributed by atoms with van der Waals surface area (Å²) in [6.07, 6.45) is 0. The van der Waals surface area contributed by atoms with Crippen molar-refractivity contribution in [2.75, 3.05) is 0 Å². The number of aliphatic carboxylic acids is 1. The molecule has 0 saturated carbocycles. The molecule has 0 spiro atoms. The number of hydrogen-bond acceptors (Lipinski definition) is 3. The van der Waals surface area contributed by atoms with Crippen LogP contribution in [0.2, 0.25) is 0 Å². The number of carboxylic acids is 1. The monoisotopic (exact) mass is 151 g/mol. The van der Waals surface area contributed by atoms with E-state index in [9.17, 15) is 14.7 Å². The van der Waals surface area contributed by atoms with E-state index in [4.69, 9.17) is 0 Å². The molecule has 0 fully saturated rings. The molecule has 0 unspecified atom stereocenters. The van der Waals surface area contributed by atoms with Crippen LogP contribution in [-0.2, 0) is 9.59 Å². The van der Waals surface area contributed by atoms with E-state index in [1.165, 1.54) is 0 Å². The summed E-state index contributed by atoms with van der Waals surface area (Å²) in [5.74, 6) is -2.78. The standard InChI is InChI=1S/C6H11NO3.Li/c1-6(2,3)7-4(8)5(9)10;/h1-3H3,(H,7,8)(H,9,10);/q;+1/p-1. The van der Waals surface area contributed by atoms with Crippen molar-refractivity contribution in [2.24, 2.45) is 0 Å².